The smallest absolute Gasteiger partial charge is 0.230 e. The van der Waals surface area contributed by atoms with Gasteiger partial charge in [-0.1, -0.05) is 54.6 Å². The minimum Gasteiger partial charge on any atom is -0.348 e. The summed E-state index contributed by atoms with van der Waals surface area (Å²) in [5.74, 6) is -0.0812. The quantitative estimate of drug-likeness (QED) is 0.640. The molecule has 5 heteroatoms. The van der Waals surface area contributed by atoms with E-state index in [0.29, 0.717) is 31.5 Å². The Hall–Kier alpha value is -2.95. The Kier molecular flexibility index (Phi) is 6.45. The monoisotopic (exact) mass is 434 g/mol. The van der Waals surface area contributed by atoms with Gasteiger partial charge in [0.15, 0.2) is 0 Å². The van der Waals surface area contributed by atoms with Crippen LogP contribution in [0.5, 0.6) is 0 Å². The van der Waals surface area contributed by atoms with Crippen LogP contribution in [-0.2, 0) is 16.0 Å². The van der Waals surface area contributed by atoms with Crippen LogP contribution in [0, 0.1) is 17.2 Å². The van der Waals surface area contributed by atoms with E-state index >= 15 is 0 Å². The third-order valence-electron chi connectivity index (χ3n) is 6.85. The van der Waals surface area contributed by atoms with E-state index in [0.717, 1.165) is 30.4 Å². The largest absolute Gasteiger partial charge is 0.348 e. The molecule has 2 aromatic rings. The second-order valence-electron chi connectivity index (χ2n) is 9.28. The first kappa shape index (κ1) is 22.3. The molecular formula is C27H31FN2O2. The standard InChI is InChI=1S/C27H31FN2O2/c1-29(2)26(32)27(16-17-30(19-27)25(31)20-10-4-3-5-11-20)18-21-12-6-7-13-22(21)23-14-8-9-15-24(23)28/h3-4,6-9,12-15,20H,5,10-11,16-19H2,1-2H3/t20-,27-/m1/s1. The van der Waals surface area contributed by atoms with Gasteiger partial charge in [0.05, 0.1) is 5.41 Å². The van der Waals surface area contributed by atoms with E-state index in [4.69, 9.17) is 0 Å². The van der Waals surface area contributed by atoms with E-state index in [9.17, 15) is 14.0 Å². The van der Waals surface area contributed by atoms with Crippen molar-refractivity contribution in [1.29, 1.82) is 0 Å². The summed E-state index contributed by atoms with van der Waals surface area (Å²) >= 11 is 0. The van der Waals surface area contributed by atoms with E-state index in [2.05, 4.69) is 12.2 Å². The first-order valence-electron chi connectivity index (χ1n) is 11.4. The zero-order valence-electron chi connectivity index (χ0n) is 18.9. The molecule has 1 aliphatic carbocycles. The number of allylic oxidation sites excluding steroid dienone is 2. The molecule has 1 heterocycles. The normalized spacial score (nSPS) is 22.7. The number of nitrogens with zero attached hydrogens (tertiary/aromatic N) is 2. The van der Waals surface area contributed by atoms with Crippen molar-refractivity contribution < 1.29 is 14.0 Å². The molecule has 2 aromatic carbocycles. The summed E-state index contributed by atoms with van der Waals surface area (Å²) in [5.41, 5.74) is 1.57. The molecule has 2 amide bonds. The molecule has 0 unspecified atom stereocenters. The topological polar surface area (TPSA) is 40.6 Å². The molecule has 0 saturated carbocycles. The number of amides is 2. The van der Waals surface area contributed by atoms with Gasteiger partial charge in [-0.25, -0.2) is 4.39 Å². The van der Waals surface area contributed by atoms with Gasteiger partial charge >= 0.3 is 0 Å². The molecule has 168 valence electrons. The summed E-state index contributed by atoms with van der Waals surface area (Å²) in [5, 5.41) is 0. The van der Waals surface area contributed by atoms with Gasteiger partial charge < -0.3 is 9.80 Å². The van der Waals surface area contributed by atoms with Crippen LogP contribution in [0.15, 0.2) is 60.7 Å². The molecule has 0 N–H and O–H groups in total. The lowest BCUT2D eigenvalue weighted by Crippen LogP contribution is -2.45. The van der Waals surface area contributed by atoms with Crippen LogP contribution in [0.1, 0.15) is 31.2 Å². The average Bonchev–Trinajstić information content (AvgIpc) is 3.24. The first-order chi connectivity index (χ1) is 15.4. The molecule has 0 aromatic heterocycles. The summed E-state index contributed by atoms with van der Waals surface area (Å²) in [7, 11) is 3.53. The Labute approximate surface area is 189 Å². The number of carbonyl (C=O) groups excluding carboxylic acids is 2. The predicted molar refractivity (Wildman–Crippen MR) is 124 cm³/mol. The van der Waals surface area contributed by atoms with E-state index < -0.39 is 5.41 Å². The highest BCUT2D eigenvalue weighted by atomic mass is 19.1. The highest BCUT2D eigenvalue weighted by molar-refractivity contribution is 5.86. The Morgan fingerprint density at radius 1 is 1.06 bits per heavy atom. The number of benzene rings is 2. The summed E-state index contributed by atoms with van der Waals surface area (Å²) in [6, 6.07) is 14.4. The molecule has 2 atom stereocenters. The van der Waals surface area contributed by atoms with Gasteiger partial charge in [-0.3, -0.25) is 9.59 Å². The molecular weight excluding hydrogens is 403 g/mol. The van der Waals surface area contributed by atoms with E-state index in [1.165, 1.54) is 6.07 Å². The van der Waals surface area contributed by atoms with Crippen LogP contribution in [0.3, 0.4) is 0 Å². The van der Waals surface area contributed by atoms with Crippen LogP contribution in [0.25, 0.3) is 11.1 Å². The number of carbonyl (C=O) groups is 2. The Balaban J connectivity index is 1.65. The molecule has 4 rings (SSSR count). The summed E-state index contributed by atoms with van der Waals surface area (Å²) in [4.78, 5) is 30.1. The van der Waals surface area contributed by atoms with Crippen molar-refractivity contribution in [3.63, 3.8) is 0 Å². The summed E-state index contributed by atoms with van der Waals surface area (Å²) in [6.07, 6.45) is 7.89. The molecule has 1 saturated heterocycles. The van der Waals surface area contributed by atoms with Crippen molar-refractivity contribution in [2.45, 2.75) is 32.1 Å². The average molecular weight is 435 g/mol. The highest BCUT2D eigenvalue weighted by Crippen LogP contribution is 2.40. The molecule has 2 aliphatic rings. The molecule has 32 heavy (non-hydrogen) atoms. The number of hydrogen-bond acceptors (Lipinski definition) is 2. The van der Waals surface area contributed by atoms with Gasteiger partial charge in [0.2, 0.25) is 11.8 Å². The maximum absolute atomic E-state index is 14.6. The van der Waals surface area contributed by atoms with E-state index in [1.807, 2.05) is 35.2 Å². The number of likely N-dealkylation sites (tertiary alicyclic amines) is 1. The maximum Gasteiger partial charge on any atom is 0.230 e. The lowest BCUT2D eigenvalue weighted by Gasteiger charge is -2.32. The lowest BCUT2D eigenvalue weighted by atomic mass is 9.77. The highest BCUT2D eigenvalue weighted by Gasteiger charge is 2.47. The van der Waals surface area contributed by atoms with Crippen molar-refractivity contribution in [1.82, 2.24) is 9.80 Å². The van der Waals surface area contributed by atoms with Crippen molar-refractivity contribution in [2.75, 3.05) is 27.2 Å². The molecule has 0 radical (unpaired) electrons. The summed E-state index contributed by atoms with van der Waals surface area (Å²) < 4.78 is 14.6. The minimum atomic E-state index is -0.703. The van der Waals surface area contributed by atoms with Crippen LogP contribution in [0.2, 0.25) is 0 Å². The Morgan fingerprint density at radius 2 is 1.78 bits per heavy atom. The first-order valence-corrected chi connectivity index (χ1v) is 11.4. The number of rotatable bonds is 5. The van der Waals surface area contributed by atoms with Crippen molar-refractivity contribution in [3.8, 4) is 11.1 Å². The zero-order valence-corrected chi connectivity index (χ0v) is 18.9. The lowest BCUT2D eigenvalue weighted by molar-refractivity contribution is -0.140. The van der Waals surface area contributed by atoms with Crippen molar-refractivity contribution >= 4 is 11.8 Å². The minimum absolute atomic E-state index is 0.0101. The maximum atomic E-state index is 14.6. The third-order valence-corrected chi connectivity index (χ3v) is 6.85. The number of hydrogen-bond donors (Lipinski definition) is 0. The summed E-state index contributed by atoms with van der Waals surface area (Å²) in [6.45, 7) is 0.995. The van der Waals surface area contributed by atoms with Gasteiger partial charge in [0.25, 0.3) is 0 Å². The van der Waals surface area contributed by atoms with Crippen LogP contribution in [0.4, 0.5) is 4.39 Å². The van der Waals surface area contributed by atoms with E-state index in [-0.39, 0.29) is 23.5 Å². The fraction of sp³-hybridized carbons (Fsp3) is 0.407. The molecule has 0 spiro atoms. The second kappa shape index (κ2) is 9.27. The molecule has 4 nitrogen and oxygen atoms in total. The van der Waals surface area contributed by atoms with Gasteiger partial charge in [-0.2, -0.15) is 0 Å². The zero-order chi connectivity index (χ0) is 22.7. The van der Waals surface area contributed by atoms with Gasteiger partial charge in [0.1, 0.15) is 5.82 Å². The number of halogens is 1. The van der Waals surface area contributed by atoms with Crippen molar-refractivity contribution in [3.05, 3.63) is 72.1 Å². The van der Waals surface area contributed by atoms with Gasteiger partial charge in [-0.15, -0.1) is 0 Å². The molecule has 1 fully saturated rings. The van der Waals surface area contributed by atoms with Crippen LogP contribution >= 0.6 is 0 Å². The Bertz CT molecular complexity index is 1030. The second-order valence-corrected chi connectivity index (χ2v) is 9.28. The van der Waals surface area contributed by atoms with Gasteiger partial charge in [-0.05, 0) is 49.3 Å². The fourth-order valence-corrected chi connectivity index (χ4v) is 5.19. The predicted octanol–water partition coefficient (Wildman–Crippen LogP) is 4.70. The third kappa shape index (κ3) is 4.34. The fourth-order valence-electron chi connectivity index (χ4n) is 5.19. The Morgan fingerprint density at radius 3 is 2.47 bits per heavy atom. The van der Waals surface area contributed by atoms with E-state index in [1.54, 1.807) is 31.1 Å². The van der Waals surface area contributed by atoms with Gasteiger partial charge in [0, 0.05) is 38.7 Å². The molecule has 0 bridgehead atoms. The molecule has 1 aliphatic heterocycles. The SMILES string of the molecule is CN(C)C(=O)[C@@]1(Cc2ccccc2-c2ccccc2F)CCN(C(=O)[C@@H]2CC=CCC2)C1. The van der Waals surface area contributed by atoms with Crippen LogP contribution < -0.4 is 0 Å². The van der Waals surface area contributed by atoms with Crippen molar-refractivity contribution in [2.24, 2.45) is 11.3 Å². The van der Waals surface area contributed by atoms with Crippen LogP contribution in [-0.4, -0.2) is 48.8 Å².